The van der Waals surface area contributed by atoms with E-state index in [0.717, 1.165) is 6.42 Å². The lowest BCUT2D eigenvalue weighted by atomic mass is 10.2. The van der Waals surface area contributed by atoms with Gasteiger partial charge in [0.2, 0.25) is 5.28 Å². The van der Waals surface area contributed by atoms with Crippen LogP contribution in [0.15, 0.2) is 6.07 Å². The van der Waals surface area contributed by atoms with E-state index < -0.39 is 5.97 Å². The minimum atomic E-state index is -0.522. The fourth-order valence-electron chi connectivity index (χ4n) is 1.05. The number of aromatic nitrogens is 2. The first-order chi connectivity index (χ1) is 7.17. The van der Waals surface area contributed by atoms with Gasteiger partial charge in [-0.15, -0.1) is 11.6 Å². The summed E-state index contributed by atoms with van der Waals surface area (Å²) in [5.74, 6) is 0.0151. The molecule has 6 heteroatoms. The maximum atomic E-state index is 11.2. The number of halogens is 2. The number of aryl methyl sites for hydroxylation is 1. The number of alkyl halides is 1. The lowest BCUT2D eigenvalue weighted by Gasteiger charge is -2.02. The van der Waals surface area contributed by atoms with Crippen molar-refractivity contribution in [3.8, 4) is 0 Å². The van der Waals surface area contributed by atoms with Gasteiger partial charge in [0.15, 0.2) is 5.69 Å². The maximum Gasteiger partial charge on any atom is 0.356 e. The normalized spacial score (nSPS) is 10.1. The molecule has 0 spiro atoms. The van der Waals surface area contributed by atoms with Crippen molar-refractivity contribution >= 4 is 29.2 Å². The van der Waals surface area contributed by atoms with Crippen molar-refractivity contribution in [2.75, 3.05) is 13.0 Å². The fourth-order valence-corrected chi connectivity index (χ4v) is 1.38. The Labute approximate surface area is 97.6 Å². The second kappa shape index (κ2) is 5.88. The van der Waals surface area contributed by atoms with Crippen molar-refractivity contribution in [1.82, 2.24) is 9.97 Å². The summed E-state index contributed by atoms with van der Waals surface area (Å²) in [7, 11) is 1.29. The summed E-state index contributed by atoms with van der Waals surface area (Å²) in [6.07, 6.45) is 1.44. The van der Waals surface area contributed by atoms with Crippen molar-refractivity contribution in [2.45, 2.75) is 12.8 Å². The van der Waals surface area contributed by atoms with E-state index in [1.165, 1.54) is 7.11 Å². The van der Waals surface area contributed by atoms with Gasteiger partial charge in [-0.25, -0.2) is 14.8 Å². The predicted molar refractivity (Wildman–Crippen MR) is 57.4 cm³/mol. The molecular formula is C9H10Cl2N2O2. The van der Waals surface area contributed by atoms with Crippen molar-refractivity contribution in [3.05, 3.63) is 22.7 Å². The first kappa shape index (κ1) is 12.2. The molecule has 0 radical (unpaired) electrons. The summed E-state index contributed by atoms with van der Waals surface area (Å²) in [5.41, 5.74) is 0.859. The van der Waals surface area contributed by atoms with Crippen molar-refractivity contribution in [3.63, 3.8) is 0 Å². The van der Waals surface area contributed by atoms with E-state index in [1.807, 2.05) is 0 Å². The lowest BCUT2D eigenvalue weighted by molar-refractivity contribution is 0.0593. The molecule has 1 aromatic heterocycles. The van der Waals surface area contributed by atoms with E-state index in [2.05, 4.69) is 14.7 Å². The first-order valence-corrected chi connectivity index (χ1v) is 5.26. The van der Waals surface area contributed by atoms with Crippen LogP contribution in [-0.2, 0) is 11.2 Å². The number of esters is 1. The molecular weight excluding hydrogens is 239 g/mol. The van der Waals surface area contributed by atoms with Crippen molar-refractivity contribution in [1.29, 1.82) is 0 Å². The Hall–Kier alpha value is -0.870. The van der Waals surface area contributed by atoms with Crippen LogP contribution in [0.3, 0.4) is 0 Å². The van der Waals surface area contributed by atoms with Gasteiger partial charge in [0.05, 0.1) is 7.11 Å². The van der Waals surface area contributed by atoms with Gasteiger partial charge in [0.25, 0.3) is 0 Å². The van der Waals surface area contributed by atoms with Gasteiger partial charge in [-0.05, 0) is 30.5 Å². The number of carbonyl (C=O) groups is 1. The van der Waals surface area contributed by atoms with Crippen LogP contribution in [0.1, 0.15) is 22.6 Å². The third-order valence-corrected chi connectivity index (χ3v) is 2.15. The standard InChI is InChI=1S/C9H10Cl2N2O2/c1-15-8(14)7-5-6(3-2-4-10)12-9(11)13-7/h5H,2-4H2,1H3. The summed E-state index contributed by atoms with van der Waals surface area (Å²) in [6, 6.07) is 1.56. The predicted octanol–water partition coefficient (Wildman–Crippen LogP) is 2.09. The van der Waals surface area contributed by atoms with Crippen LogP contribution >= 0.6 is 23.2 Å². The number of methoxy groups -OCH3 is 1. The summed E-state index contributed by atoms with van der Waals surface area (Å²) in [4.78, 5) is 18.9. The van der Waals surface area contributed by atoms with Gasteiger partial charge in [0, 0.05) is 11.6 Å². The molecule has 1 heterocycles. The quantitative estimate of drug-likeness (QED) is 0.465. The molecule has 0 N–H and O–H groups in total. The van der Waals surface area contributed by atoms with E-state index in [1.54, 1.807) is 6.07 Å². The largest absolute Gasteiger partial charge is 0.464 e. The molecule has 0 atom stereocenters. The van der Waals surface area contributed by atoms with Crippen LogP contribution < -0.4 is 0 Å². The van der Waals surface area contributed by atoms with Crippen LogP contribution in [0.25, 0.3) is 0 Å². The molecule has 0 bridgehead atoms. The van der Waals surface area contributed by atoms with E-state index in [0.29, 0.717) is 18.0 Å². The Bertz CT molecular complexity index is 358. The average molecular weight is 249 g/mol. The van der Waals surface area contributed by atoms with E-state index in [-0.39, 0.29) is 11.0 Å². The van der Waals surface area contributed by atoms with Gasteiger partial charge in [0.1, 0.15) is 0 Å². The highest BCUT2D eigenvalue weighted by molar-refractivity contribution is 6.28. The van der Waals surface area contributed by atoms with Gasteiger partial charge in [-0.1, -0.05) is 0 Å². The topological polar surface area (TPSA) is 52.1 Å². The number of carbonyl (C=O) groups excluding carboxylic acids is 1. The fraction of sp³-hybridized carbons (Fsp3) is 0.444. The molecule has 1 aromatic rings. The van der Waals surface area contributed by atoms with E-state index >= 15 is 0 Å². The highest BCUT2D eigenvalue weighted by Crippen LogP contribution is 2.09. The summed E-state index contributed by atoms with van der Waals surface area (Å²) in [5, 5.41) is 0.0440. The molecule has 1 rings (SSSR count). The molecule has 0 aliphatic rings. The van der Waals surface area contributed by atoms with Crippen molar-refractivity contribution < 1.29 is 9.53 Å². The highest BCUT2D eigenvalue weighted by atomic mass is 35.5. The van der Waals surface area contributed by atoms with Gasteiger partial charge >= 0.3 is 5.97 Å². The number of ether oxygens (including phenoxy) is 1. The molecule has 0 aliphatic heterocycles. The van der Waals surface area contributed by atoms with Crippen LogP contribution in [0, 0.1) is 0 Å². The minimum Gasteiger partial charge on any atom is -0.464 e. The molecule has 82 valence electrons. The monoisotopic (exact) mass is 248 g/mol. The van der Waals surface area contributed by atoms with Crippen LogP contribution in [0.5, 0.6) is 0 Å². The Balaban J connectivity index is 2.89. The molecule has 0 saturated carbocycles. The number of hydrogen-bond acceptors (Lipinski definition) is 4. The second-order valence-electron chi connectivity index (χ2n) is 2.80. The second-order valence-corrected chi connectivity index (χ2v) is 3.51. The molecule has 4 nitrogen and oxygen atoms in total. The Kier molecular flexibility index (Phi) is 4.78. The van der Waals surface area contributed by atoms with Crippen LogP contribution in [0.2, 0.25) is 5.28 Å². The lowest BCUT2D eigenvalue weighted by Crippen LogP contribution is -2.07. The van der Waals surface area contributed by atoms with E-state index in [4.69, 9.17) is 23.2 Å². The number of hydrogen-bond donors (Lipinski definition) is 0. The zero-order valence-corrected chi connectivity index (χ0v) is 9.68. The zero-order chi connectivity index (χ0) is 11.3. The van der Waals surface area contributed by atoms with Gasteiger partial charge in [-0.3, -0.25) is 0 Å². The first-order valence-electron chi connectivity index (χ1n) is 4.35. The number of nitrogens with zero attached hydrogens (tertiary/aromatic N) is 2. The summed E-state index contributed by atoms with van der Waals surface area (Å²) < 4.78 is 4.54. The van der Waals surface area contributed by atoms with Crippen LogP contribution in [0.4, 0.5) is 0 Å². The zero-order valence-electron chi connectivity index (χ0n) is 8.17. The smallest absolute Gasteiger partial charge is 0.356 e. The third kappa shape index (κ3) is 3.64. The molecule has 0 unspecified atom stereocenters. The molecule has 0 saturated heterocycles. The Morgan fingerprint density at radius 3 is 2.87 bits per heavy atom. The van der Waals surface area contributed by atoms with Gasteiger partial charge < -0.3 is 4.74 Å². The van der Waals surface area contributed by atoms with Crippen LogP contribution in [-0.4, -0.2) is 28.9 Å². The molecule has 0 amide bonds. The maximum absolute atomic E-state index is 11.2. The Morgan fingerprint density at radius 2 is 2.27 bits per heavy atom. The SMILES string of the molecule is COC(=O)c1cc(CCCCl)nc(Cl)n1. The van der Waals surface area contributed by atoms with Crippen molar-refractivity contribution in [2.24, 2.45) is 0 Å². The van der Waals surface area contributed by atoms with Gasteiger partial charge in [-0.2, -0.15) is 0 Å². The molecule has 0 fully saturated rings. The minimum absolute atomic E-state index is 0.0440. The average Bonchev–Trinajstić information content (AvgIpc) is 2.24. The number of rotatable bonds is 4. The molecule has 15 heavy (non-hydrogen) atoms. The Morgan fingerprint density at radius 1 is 1.53 bits per heavy atom. The van der Waals surface area contributed by atoms with E-state index in [9.17, 15) is 4.79 Å². The summed E-state index contributed by atoms with van der Waals surface area (Å²) in [6.45, 7) is 0. The third-order valence-electron chi connectivity index (χ3n) is 1.71. The molecule has 0 aliphatic carbocycles. The highest BCUT2D eigenvalue weighted by Gasteiger charge is 2.10. The molecule has 0 aromatic carbocycles. The summed E-state index contributed by atoms with van der Waals surface area (Å²) >= 11 is 11.2.